The van der Waals surface area contributed by atoms with Crippen LogP contribution in [0.1, 0.15) is 19.3 Å². The maximum atomic E-state index is 8.90. The van der Waals surface area contributed by atoms with E-state index in [4.69, 9.17) is 10.6 Å². The first-order valence-corrected chi connectivity index (χ1v) is 4.00. The van der Waals surface area contributed by atoms with Crippen molar-refractivity contribution in [2.75, 3.05) is 13.2 Å². The normalized spacial score (nSPS) is 29.9. The summed E-state index contributed by atoms with van der Waals surface area (Å²) < 4.78 is 0. The molecular weight excluding hydrogens is 142 g/mol. The van der Waals surface area contributed by atoms with Crippen LogP contribution in [0.4, 0.5) is 0 Å². The molecular formula is C7H13N3O. The van der Waals surface area contributed by atoms with Crippen LogP contribution < -0.4 is 0 Å². The molecule has 0 aromatic rings. The van der Waals surface area contributed by atoms with E-state index in [0.29, 0.717) is 18.4 Å². The lowest BCUT2D eigenvalue weighted by atomic mass is 9.97. The van der Waals surface area contributed by atoms with E-state index in [1.807, 2.05) is 0 Å². The summed E-state index contributed by atoms with van der Waals surface area (Å²) in [5, 5.41) is 12.4. The fraction of sp³-hybridized carbons (Fsp3) is 1.00. The van der Waals surface area contributed by atoms with E-state index in [2.05, 4.69) is 10.0 Å². The highest BCUT2D eigenvalue weighted by Crippen LogP contribution is 2.31. The molecule has 0 spiro atoms. The molecule has 1 fully saturated rings. The van der Waals surface area contributed by atoms with E-state index in [-0.39, 0.29) is 6.61 Å². The van der Waals surface area contributed by atoms with Gasteiger partial charge >= 0.3 is 0 Å². The summed E-state index contributed by atoms with van der Waals surface area (Å²) in [5.74, 6) is 0.802. The second kappa shape index (κ2) is 4.21. The van der Waals surface area contributed by atoms with Gasteiger partial charge in [-0.25, -0.2) is 0 Å². The van der Waals surface area contributed by atoms with Gasteiger partial charge in [0.1, 0.15) is 0 Å². The third-order valence-electron chi connectivity index (χ3n) is 2.43. The smallest absolute Gasteiger partial charge is 0.0461 e. The molecule has 0 aromatic heterocycles. The Morgan fingerprint density at radius 3 is 2.82 bits per heavy atom. The van der Waals surface area contributed by atoms with E-state index >= 15 is 0 Å². The number of hydrogen-bond donors (Lipinski definition) is 1. The van der Waals surface area contributed by atoms with E-state index < -0.39 is 0 Å². The molecule has 1 rings (SSSR count). The first-order valence-electron chi connectivity index (χ1n) is 4.00. The van der Waals surface area contributed by atoms with Crippen molar-refractivity contribution in [3.8, 4) is 0 Å². The van der Waals surface area contributed by atoms with Crippen molar-refractivity contribution < 1.29 is 5.11 Å². The molecule has 1 aliphatic rings. The highest BCUT2D eigenvalue weighted by atomic mass is 16.3. The Morgan fingerprint density at radius 1 is 1.45 bits per heavy atom. The third kappa shape index (κ3) is 2.10. The highest BCUT2D eigenvalue weighted by Gasteiger charge is 2.25. The molecule has 4 heteroatoms. The molecule has 0 aromatic carbocycles. The minimum absolute atomic E-state index is 0.242. The average molecular weight is 155 g/mol. The van der Waals surface area contributed by atoms with Crippen LogP contribution in [0, 0.1) is 11.8 Å². The number of nitrogens with zero attached hydrogens (tertiary/aromatic N) is 3. The lowest BCUT2D eigenvalue weighted by Crippen LogP contribution is -2.14. The number of aliphatic hydroxyl groups excluding tert-OH is 1. The van der Waals surface area contributed by atoms with Crippen molar-refractivity contribution in [3.63, 3.8) is 0 Å². The van der Waals surface area contributed by atoms with E-state index in [1.165, 1.54) is 0 Å². The molecule has 1 N–H and O–H groups in total. The van der Waals surface area contributed by atoms with Crippen LogP contribution in [0.3, 0.4) is 0 Å². The van der Waals surface area contributed by atoms with E-state index in [1.54, 1.807) is 0 Å². The molecule has 62 valence electrons. The van der Waals surface area contributed by atoms with Gasteiger partial charge in [0.25, 0.3) is 0 Å². The third-order valence-corrected chi connectivity index (χ3v) is 2.43. The molecule has 0 saturated heterocycles. The van der Waals surface area contributed by atoms with E-state index in [0.717, 1.165) is 19.3 Å². The van der Waals surface area contributed by atoms with Crippen LogP contribution in [-0.4, -0.2) is 18.3 Å². The Labute approximate surface area is 65.9 Å². The SMILES string of the molecule is [N-]=[N+]=NC[C@@H]1CCC[C@@H]1CO. The van der Waals surface area contributed by atoms with Crippen LogP contribution in [0.2, 0.25) is 0 Å². The molecule has 0 heterocycles. The lowest BCUT2D eigenvalue weighted by molar-refractivity contribution is 0.197. The molecule has 1 saturated carbocycles. The Kier molecular flexibility index (Phi) is 3.20. The zero-order valence-corrected chi connectivity index (χ0v) is 6.48. The number of azide groups is 1. The van der Waals surface area contributed by atoms with E-state index in [9.17, 15) is 0 Å². The molecule has 0 aliphatic heterocycles. The van der Waals surface area contributed by atoms with Gasteiger partial charge in [0.2, 0.25) is 0 Å². The predicted molar refractivity (Wildman–Crippen MR) is 41.9 cm³/mol. The highest BCUT2D eigenvalue weighted by molar-refractivity contribution is 4.78. The average Bonchev–Trinajstić information content (AvgIpc) is 2.47. The van der Waals surface area contributed by atoms with Gasteiger partial charge in [0.05, 0.1) is 0 Å². The summed E-state index contributed by atoms with van der Waals surface area (Å²) >= 11 is 0. The Morgan fingerprint density at radius 2 is 2.18 bits per heavy atom. The van der Waals surface area contributed by atoms with Gasteiger partial charge in [-0.15, -0.1) is 0 Å². The molecule has 4 nitrogen and oxygen atoms in total. The number of hydrogen-bond acceptors (Lipinski definition) is 2. The summed E-state index contributed by atoms with van der Waals surface area (Å²) in [6.07, 6.45) is 3.35. The summed E-state index contributed by atoms with van der Waals surface area (Å²) in [4.78, 5) is 2.71. The van der Waals surface area contributed by atoms with Crippen LogP contribution in [0.25, 0.3) is 10.4 Å². The van der Waals surface area contributed by atoms with Crippen molar-refractivity contribution in [2.45, 2.75) is 19.3 Å². The van der Waals surface area contributed by atoms with Crippen molar-refractivity contribution in [1.29, 1.82) is 0 Å². The number of aliphatic hydroxyl groups is 1. The van der Waals surface area contributed by atoms with Gasteiger partial charge in [0.15, 0.2) is 0 Å². The zero-order valence-electron chi connectivity index (χ0n) is 6.48. The largest absolute Gasteiger partial charge is 0.396 e. The fourth-order valence-corrected chi connectivity index (χ4v) is 1.74. The summed E-state index contributed by atoms with van der Waals surface area (Å²) in [6.45, 7) is 0.799. The molecule has 0 amide bonds. The first kappa shape index (κ1) is 8.37. The molecule has 0 unspecified atom stereocenters. The van der Waals surface area contributed by atoms with Crippen molar-refractivity contribution in [2.24, 2.45) is 17.0 Å². The first-order chi connectivity index (χ1) is 5.38. The van der Waals surface area contributed by atoms with Crippen LogP contribution >= 0.6 is 0 Å². The van der Waals surface area contributed by atoms with Gasteiger partial charge in [-0.1, -0.05) is 11.5 Å². The second-order valence-electron chi connectivity index (χ2n) is 3.05. The second-order valence-corrected chi connectivity index (χ2v) is 3.05. The van der Waals surface area contributed by atoms with Crippen LogP contribution in [0.15, 0.2) is 5.11 Å². The van der Waals surface area contributed by atoms with Crippen molar-refractivity contribution in [1.82, 2.24) is 0 Å². The standard InChI is InChI=1S/C7H13N3O/c8-10-9-4-6-2-1-3-7(6)5-11/h6-7,11H,1-5H2/t6-,7+/m0/s1. The molecule has 11 heavy (non-hydrogen) atoms. The summed E-state index contributed by atoms with van der Waals surface area (Å²) in [5.41, 5.74) is 8.08. The summed E-state index contributed by atoms with van der Waals surface area (Å²) in [7, 11) is 0. The Balaban J connectivity index is 2.36. The fourth-order valence-electron chi connectivity index (χ4n) is 1.74. The van der Waals surface area contributed by atoms with Crippen LogP contribution in [-0.2, 0) is 0 Å². The molecule has 0 radical (unpaired) electrons. The quantitative estimate of drug-likeness (QED) is 0.376. The maximum Gasteiger partial charge on any atom is 0.0461 e. The monoisotopic (exact) mass is 155 g/mol. The molecule has 2 atom stereocenters. The van der Waals surface area contributed by atoms with Crippen LogP contribution in [0.5, 0.6) is 0 Å². The van der Waals surface area contributed by atoms with Gasteiger partial charge in [-0.2, -0.15) is 0 Å². The van der Waals surface area contributed by atoms with Gasteiger partial charge in [-0.3, -0.25) is 0 Å². The minimum atomic E-state index is 0.242. The maximum absolute atomic E-state index is 8.90. The van der Waals surface area contributed by atoms with Crippen molar-refractivity contribution >= 4 is 0 Å². The van der Waals surface area contributed by atoms with Crippen molar-refractivity contribution in [3.05, 3.63) is 10.4 Å². The molecule has 1 aliphatic carbocycles. The minimum Gasteiger partial charge on any atom is -0.396 e. The zero-order chi connectivity index (χ0) is 8.10. The summed E-state index contributed by atoms with van der Waals surface area (Å²) in [6, 6.07) is 0. The van der Waals surface area contributed by atoms with Gasteiger partial charge in [0, 0.05) is 18.1 Å². The number of rotatable bonds is 3. The lowest BCUT2D eigenvalue weighted by Gasteiger charge is -2.13. The Bertz CT molecular complexity index is 165. The topological polar surface area (TPSA) is 69.0 Å². The predicted octanol–water partition coefficient (Wildman–Crippen LogP) is 1.71. The Hall–Kier alpha value is -0.730. The van der Waals surface area contributed by atoms with Gasteiger partial charge < -0.3 is 5.11 Å². The molecule has 0 bridgehead atoms. The van der Waals surface area contributed by atoms with Gasteiger partial charge in [-0.05, 0) is 30.2 Å².